The fourth-order valence-electron chi connectivity index (χ4n) is 7.67. The number of alkyl halides is 4. The fourth-order valence-corrected chi connectivity index (χ4v) is 8.00. The van der Waals surface area contributed by atoms with Crippen molar-refractivity contribution in [3.63, 3.8) is 0 Å². The van der Waals surface area contributed by atoms with E-state index in [2.05, 4.69) is 19.9 Å². The van der Waals surface area contributed by atoms with Gasteiger partial charge in [-0.1, -0.05) is 11.6 Å². The van der Waals surface area contributed by atoms with E-state index in [-0.39, 0.29) is 41.1 Å². The van der Waals surface area contributed by atoms with Crippen LogP contribution < -0.4 is 20.1 Å². The number of aromatic nitrogens is 3. The van der Waals surface area contributed by atoms with Crippen molar-refractivity contribution in [1.82, 2.24) is 19.9 Å². The van der Waals surface area contributed by atoms with Crippen LogP contribution in [-0.4, -0.2) is 69.9 Å². The number of halogens is 6. The molecule has 4 aliphatic rings. The van der Waals surface area contributed by atoms with Gasteiger partial charge in [0.05, 0.1) is 16.1 Å². The number of nitrogens with two attached hydrogens (primary N) is 1. The molecule has 3 aromatic rings. The summed E-state index contributed by atoms with van der Waals surface area (Å²) in [6.45, 7) is 3.09. The van der Waals surface area contributed by atoms with Crippen LogP contribution in [0.2, 0.25) is 5.02 Å². The number of hydrogen-bond donors (Lipinski definition) is 1. The molecule has 236 valence electrons. The summed E-state index contributed by atoms with van der Waals surface area (Å²) in [6.07, 6.45) is -1.02. The third-order valence-electron chi connectivity index (χ3n) is 9.73. The Balaban J connectivity index is 1.44. The van der Waals surface area contributed by atoms with Gasteiger partial charge in [-0.25, -0.2) is 13.8 Å². The first kappa shape index (κ1) is 29.5. The summed E-state index contributed by atoms with van der Waals surface area (Å²) in [7, 11) is 1.84. The van der Waals surface area contributed by atoms with Gasteiger partial charge in [-0.15, -0.1) is 0 Å². The van der Waals surface area contributed by atoms with Crippen LogP contribution in [0.3, 0.4) is 0 Å². The first-order valence-corrected chi connectivity index (χ1v) is 15.2. The van der Waals surface area contributed by atoms with Gasteiger partial charge < -0.3 is 20.1 Å². The topological polar surface area (TPSA) is 89.6 Å². The summed E-state index contributed by atoms with van der Waals surface area (Å²) in [5, 5.41) is -0.553. The van der Waals surface area contributed by atoms with Gasteiger partial charge in [0.2, 0.25) is 5.88 Å². The molecule has 14 heteroatoms. The van der Waals surface area contributed by atoms with E-state index in [9.17, 15) is 17.6 Å². The lowest BCUT2D eigenvalue weighted by Gasteiger charge is -2.44. The second-order valence-electron chi connectivity index (χ2n) is 12.8. The molecule has 0 radical (unpaired) electrons. The van der Waals surface area contributed by atoms with Crippen molar-refractivity contribution in [3.8, 4) is 23.1 Å². The van der Waals surface area contributed by atoms with Crippen LogP contribution in [0, 0.1) is 5.82 Å². The molecule has 2 N–H and O–H groups in total. The number of ether oxygens (including phenoxy) is 2. The summed E-state index contributed by atoms with van der Waals surface area (Å²) in [4.78, 5) is 17.4. The fraction of sp³-hybridized carbons (Fsp3) is 0.567. The van der Waals surface area contributed by atoms with Gasteiger partial charge in [0.15, 0.2) is 5.82 Å². The van der Waals surface area contributed by atoms with Crippen molar-refractivity contribution in [2.24, 2.45) is 0 Å². The molecule has 5 heterocycles. The standard InChI is InChI=1S/C30H32ClF5N6O2/c1-28-6-3-5-17(12-28)41(2)25-20-24(39-27(40-25)43-14-29-7-4-8-42(29)13-15(32)11-29)22(33)23(38-26(20)44-28)18-9-16(37)10-19(31)21(18)30(34,35)36/h9-10,15,17H,3-8,11-14,37H2,1-2H3/t15-,17?,28?,29+/m1/s1. The minimum absolute atomic E-state index is 0.00815. The average molecular weight is 639 g/mol. The minimum Gasteiger partial charge on any atom is -0.471 e. The summed E-state index contributed by atoms with van der Waals surface area (Å²) in [5.41, 5.74) is 1.70. The quantitative estimate of drug-likeness (QED) is 0.254. The van der Waals surface area contributed by atoms with Gasteiger partial charge >= 0.3 is 12.2 Å². The van der Waals surface area contributed by atoms with Crippen molar-refractivity contribution in [3.05, 3.63) is 28.5 Å². The molecule has 44 heavy (non-hydrogen) atoms. The maximum Gasteiger partial charge on any atom is 0.418 e. The first-order valence-electron chi connectivity index (χ1n) is 14.8. The summed E-state index contributed by atoms with van der Waals surface area (Å²) < 4.78 is 86.5. The number of benzene rings is 1. The summed E-state index contributed by atoms with van der Waals surface area (Å²) in [6, 6.07) is 1.79. The SMILES string of the molecule is CN1c2nc(OC[C@@]34CCCN3C[C@H](F)C4)nc3c(F)c(-c4cc(N)cc(Cl)c4C(F)(F)F)nc(c23)OC2(C)CCCC1C2. The molecular formula is C30H32ClF5N6O2. The predicted molar refractivity (Wildman–Crippen MR) is 155 cm³/mol. The Morgan fingerprint density at radius 1 is 1.16 bits per heavy atom. The zero-order valence-corrected chi connectivity index (χ0v) is 25.0. The third kappa shape index (κ3) is 4.77. The number of nitrogens with zero attached hydrogens (tertiary/aromatic N) is 5. The Hall–Kier alpha value is -3.19. The third-order valence-corrected chi connectivity index (χ3v) is 10.0. The Morgan fingerprint density at radius 2 is 1.95 bits per heavy atom. The van der Waals surface area contributed by atoms with E-state index in [0.717, 1.165) is 44.4 Å². The van der Waals surface area contributed by atoms with Gasteiger partial charge in [0.25, 0.3) is 0 Å². The Kier molecular flexibility index (Phi) is 6.82. The monoisotopic (exact) mass is 638 g/mol. The predicted octanol–water partition coefficient (Wildman–Crippen LogP) is 6.57. The van der Waals surface area contributed by atoms with Crippen LogP contribution >= 0.6 is 11.6 Å². The number of hydrogen-bond acceptors (Lipinski definition) is 8. The van der Waals surface area contributed by atoms with E-state index >= 15 is 4.39 Å². The molecule has 2 aromatic heterocycles. The highest BCUT2D eigenvalue weighted by Crippen LogP contribution is 2.48. The van der Waals surface area contributed by atoms with Gasteiger partial charge in [-0.2, -0.15) is 23.1 Å². The smallest absolute Gasteiger partial charge is 0.418 e. The lowest BCUT2D eigenvalue weighted by atomic mass is 9.82. The lowest BCUT2D eigenvalue weighted by molar-refractivity contribution is -0.137. The highest BCUT2D eigenvalue weighted by molar-refractivity contribution is 6.32. The van der Waals surface area contributed by atoms with Crippen molar-refractivity contribution in [2.75, 3.05) is 37.4 Å². The van der Waals surface area contributed by atoms with E-state index in [0.29, 0.717) is 31.6 Å². The number of pyridine rings is 1. The van der Waals surface area contributed by atoms with Crippen LogP contribution in [-0.2, 0) is 6.18 Å². The summed E-state index contributed by atoms with van der Waals surface area (Å²) >= 11 is 6.03. The van der Waals surface area contributed by atoms with Crippen molar-refractivity contribution in [1.29, 1.82) is 0 Å². The molecule has 0 amide bonds. The molecule has 0 spiro atoms. The van der Waals surface area contributed by atoms with E-state index in [1.807, 2.05) is 18.9 Å². The molecule has 3 aliphatic heterocycles. The summed E-state index contributed by atoms with van der Waals surface area (Å²) in [5.74, 6) is -0.914. The van der Waals surface area contributed by atoms with Gasteiger partial charge in [-0.3, -0.25) is 4.90 Å². The second kappa shape index (κ2) is 10.2. The molecule has 3 fully saturated rings. The van der Waals surface area contributed by atoms with Crippen LogP contribution in [0.4, 0.5) is 33.5 Å². The Morgan fingerprint density at radius 3 is 2.73 bits per heavy atom. The van der Waals surface area contributed by atoms with Crippen LogP contribution in [0.1, 0.15) is 57.4 Å². The number of fused-ring (bicyclic) bond motifs is 3. The lowest BCUT2D eigenvalue weighted by Crippen LogP contribution is -2.48. The van der Waals surface area contributed by atoms with Gasteiger partial charge in [-0.05, 0) is 57.7 Å². The number of nitrogen functional groups attached to an aromatic ring is 1. The molecular weight excluding hydrogens is 607 g/mol. The molecule has 4 atom stereocenters. The van der Waals surface area contributed by atoms with Crippen molar-refractivity contribution >= 4 is 34.0 Å². The molecule has 2 unspecified atom stereocenters. The first-order chi connectivity index (χ1) is 20.8. The zero-order valence-electron chi connectivity index (χ0n) is 24.3. The van der Waals surface area contributed by atoms with Crippen molar-refractivity contribution in [2.45, 2.75) is 81.4 Å². The van der Waals surface area contributed by atoms with E-state index < -0.39 is 51.1 Å². The van der Waals surface area contributed by atoms with E-state index in [4.69, 9.17) is 26.8 Å². The average Bonchev–Trinajstić information content (AvgIpc) is 3.46. The van der Waals surface area contributed by atoms with Crippen LogP contribution in [0.15, 0.2) is 12.1 Å². The van der Waals surface area contributed by atoms with Gasteiger partial charge in [0, 0.05) is 43.7 Å². The van der Waals surface area contributed by atoms with Crippen LogP contribution in [0.5, 0.6) is 11.9 Å². The highest BCUT2D eigenvalue weighted by Gasteiger charge is 2.50. The zero-order chi connectivity index (χ0) is 31.2. The second-order valence-corrected chi connectivity index (χ2v) is 13.2. The van der Waals surface area contributed by atoms with Crippen molar-refractivity contribution < 1.29 is 31.4 Å². The molecule has 1 aliphatic carbocycles. The maximum absolute atomic E-state index is 16.6. The molecule has 2 bridgehead atoms. The molecule has 8 nitrogen and oxygen atoms in total. The van der Waals surface area contributed by atoms with E-state index in [1.54, 1.807) is 0 Å². The normalized spacial score (nSPS) is 28.5. The molecule has 1 aromatic carbocycles. The number of rotatable bonds is 4. The van der Waals surface area contributed by atoms with E-state index in [1.165, 1.54) is 0 Å². The maximum atomic E-state index is 16.6. The molecule has 7 rings (SSSR count). The highest BCUT2D eigenvalue weighted by atomic mass is 35.5. The minimum atomic E-state index is -4.94. The largest absolute Gasteiger partial charge is 0.471 e. The molecule has 2 saturated heterocycles. The van der Waals surface area contributed by atoms with Crippen LogP contribution in [0.25, 0.3) is 22.2 Å². The molecule has 1 saturated carbocycles. The van der Waals surface area contributed by atoms with Gasteiger partial charge in [0.1, 0.15) is 40.8 Å². The Bertz CT molecular complexity index is 1660. The number of anilines is 2. The Labute approximate surface area is 255 Å².